The number of hydrogen-bond acceptors (Lipinski definition) is 1. The second kappa shape index (κ2) is 3.06. The summed E-state index contributed by atoms with van der Waals surface area (Å²) in [6, 6.07) is 4.54. The van der Waals surface area contributed by atoms with Crippen LogP contribution in [-0.2, 0) is 0 Å². The quantitative estimate of drug-likeness (QED) is 0.638. The average Bonchev–Trinajstić information content (AvgIpc) is 2.02. The zero-order chi connectivity index (χ0) is 9.42. The average molecular weight is 175 g/mol. The Hall–Kier alpha value is -0.980. The molecule has 1 heterocycles. The van der Waals surface area contributed by atoms with E-state index in [0.29, 0.717) is 0 Å². The lowest BCUT2D eigenvalue weighted by Gasteiger charge is -2.26. The predicted octanol–water partition coefficient (Wildman–Crippen LogP) is 3.22. The molecule has 0 fully saturated rings. The molecule has 0 bridgehead atoms. The molecule has 0 aliphatic carbocycles. The van der Waals surface area contributed by atoms with Crippen molar-refractivity contribution < 1.29 is 0 Å². The Bertz CT molecular complexity index is 328. The van der Waals surface area contributed by atoms with Crippen LogP contribution in [0.3, 0.4) is 0 Å². The summed E-state index contributed by atoms with van der Waals surface area (Å²) in [5.41, 5.74) is 5.68. The van der Waals surface area contributed by atoms with E-state index in [1.807, 2.05) is 0 Å². The van der Waals surface area contributed by atoms with E-state index < -0.39 is 0 Å². The van der Waals surface area contributed by atoms with Crippen LogP contribution in [0.1, 0.15) is 36.0 Å². The summed E-state index contributed by atoms with van der Waals surface area (Å²) in [7, 11) is 0. The lowest BCUT2D eigenvalue weighted by Crippen LogP contribution is -2.16. The largest absolute Gasteiger partial charge is 0.385 e. The van der Waals surface area contributed by atoms with Crippen molar-refractivity contribution in [3.8, 4) is 0 Å². The Balaban J connectivity index is 2.56. The topological polar surface area (TPSA) is 12.0 Å². The van der Waals surface area contributed by atoms with Crippen LogP contribution >= 0.6 is 0 Å². The van der Waals surface area contributed by atoms with E-state index in [2.05, 4.69) is 38.2 Å². The Morgan fingerprint density at radius 3 is 2.85 bits per heavy atom. The number of hydrogen-bond donors (Lipinski definition) is 1. The van der Waals surface area contributed by atoms with Crippen LogP contribution < -0.4 is 5.32 Å². The fourth-order valence-corrected chi connectivity index (χ4v) is 2.35. The molecule has 1 aliphatic heterocycles. The molecular weight excluding hydrogens is 158 g/mol. The van der Waals surface area contributed by atoms with E-state index in [9.17, 15) is 0 Å². The number of benzene rings is 1. The third-order valence-electron chi connectivity index (χ3n) is 2.92. The second-order valence-corrected chi connectivity index (χ2v) is 4.16. The standard InChI is InChI=1S/C12H17N/c1-8-6-10(3)12-9(2)4-5-13-11(12)7-8/h6-7,9,13H,4-5H2,1-3H3/t9-/m0/s1. The van der Waals surface area contributed by atoms with Gasteiger partial charge in [0.1, 0.15) is 0 Å². The summed E-state index contributed by atoms with van der Waals surface area (Å²) in [6.45, 7) is 7.82. The van der Waals surface area contributed by atoms with Crippen molar-refractivity contribution in [1.82, 2.24) is 0 Å². The monoisotopic (exact) mass is 175 g/mol. The highest BCUT2D eigenvalue weighted by atomic mass is 14.9. The first kappa shape index (κ1) is 8.61. The molecule has 1 N–H and O–H groups in total. The van der Waals surface area contributed by atoms with E-state index in [1.54, 1.807) is 0 Å². The lowest BCUT2D eigenvalue weighted by atomic mass is 9.88. The summed E-state index contributed by atoms with van der Waals surface area (Å²) in [6.07, 6.45) is 1.26. The van der Waals surface area contributed by atoms with Crippen LogP contribution in [0.15, 0.2) is 12.1 Å². The van der Waals surface area contributed by atoms with Gasteiger partial charge in [-0.1, -0.05) is 13.0 Å². The maximum absolute atomic E-state index is 3.47. The van der Waals surface area contributed by atoms with Crippen molar-refractivity contribution >= 4 is 5.69 Å². The van der Waals surface area contributed by atoms with Gasteiger partial charge < -0.3 is 5.32 Å². The predicted molar refractivity (Wildman–Crippen MR) is 57.4 cm³/mol. The van der Waals surface area contributed by atoms with E-state index in [-0.39, 0.29) is 0 Å². The van der Waals surface area contributed by atoms with Gasteiger partial charge in [0, 0.05) is 12.2 Å². The fourth-order valence-electron chi connectivity index (χ4n) is 2.35. The molecule has 0 radical (unpaired) electrons. The minimum Gasteiger partial charge on any atom is -0.385 e. The molecule has 13 heavy (non-hydrogen) atoms. The van der Waals surface area contributed by atoms with Gasteiger partial charge in [0.05, 0.1) is 0 Å². The van der Waals surface area contributed by atoms with Crippen molar-refractivity contribution in [2.24, 2.45) is 0 Å². The third-order valence-corrected chi connectivity index (χ3v) is 2.92. The van der Waals surface area contributed by atoms with Crippen LogP contribution in [0.4, 0.5) is 5.69 Å². The van der Waals surface area contributed by atoms with Crippen LogP contribution in [0, 0.1) is 13.8 Å². The maximum atomic E-state index is 3.47. The Labute approximate surface area is 80.2 Å². The van der Waals surface area contributed by atoms with Gasteiger partial charge in [0.15, 0.2) is 0 Å². The van der Waals surface area contributed by atoms with Gasteiger partial charge in [0.2, 0.25) is 0 Å². The summed E-state index contributed by atoms with van der Waals surface area (Å²) in [4.78, 5) is 0. The molecule has 70 valence electrons. The smallest absolute Gasteiger partial charge is 0.0380 e. The zero-order valence-electron chi connectivity index (χ0n) is 8.65. The minimum absolute atomic E-state index is 0.719. The molecule has 0 saturated heterocycles. The van der Waals surface area contributed by atoms with Gasteiger partial charge in [-0.05, 0) is 48.9 Å². The molecule has 0 spiro atoms. The third kappa shape index (κ3) is 1.43. The van der Waals surface area contributed by atoms with Crippen LogP contribution in [0.25, 0.3) is 0 Å². The number of rotatable bonds is 0. The summed E-state index contributed by atoms with van der Waals surface area (Å²) >= 11 is 0. The molecule has 0 saturated carbocycles. The summed E-state index contributed by atoms with van der Waals surface area (Å²) in [5, 5.41) is 3.47. The highest BCUT2D eigenvalue weighted by Gasteiger charge is 2.17. The fraction of sp³-hybridized carbons (Fsp3) is 0.500. The molecule has 1 aliphatic rings. The van der Waals surface area contributed by atoms with E-state index in [0.717, 1.165) is 12.5 Å². The van der Waals surface area contributed by atoms with Crippen LogP contribution in [0.2, 0.25) is 0 Å². The van der Waals surface area contributed by atoms with Crippen molar-refractivity contribution in [3.63, 3.8) is 0 Å². The van der Waals surface area contributed by atoms with Crippen LogP contribution in [-0.4, -0.2) is 6.54 Å². The van der Waals surface area contributed by atoms with Gasteiger partial charge in [0.25, 0.3) is 0 Å². The van der Waals surface area contributed by atoms with E-state index in [4.69, 9.17) is 0 Å². The van der Waals surface area contributed by atoms with Gasteiger partial charge in [-0.15, -0.1) is 0 Å². The minimum atomic E-state index is 0.719. The van der Waals surface area contributed by atoms with E-state index in [1.165, 1.54) is 28.8 Å². The highest BCUT2D eigenvalue weighted by Crippen LogP contribution is 2.34. The first-order valence-electron chi connectivity index (χ1n) is 5.03. The number of aryl methyl sites for hydroxylation is 2. The summed E-state index contributed by atoms with van der Waals surface area (Å²) in [5.74, 6) is 0.719. The first-order valence-corrected chi connectivity index (χ1v) is 5.03. The Morgan fingerprint density at radius 1 is 1.31 bits per heavy atom. The molecule has 0 unspecified atom stereocenters. The second-order valence-electron chi connectivity index (χ2n) is 4.16. The van der Waals surface area contributed by atoms with Crippen molar-refractivity contribution in [3.05, 3.63) is 28.8 Å². The van der Waals surface area contributed by atoms with Gasteiger partial charge >= 0.3 is 0 Å². The normalized spacial score (nSPS) is 20.7. The van der Waals surface area contributed by atoms with Crippen LogP contribution in [0.5, 0.6) is 0 Å². The highest BCUT2D eigenvalue weighted by molar-refractivity contribution is 5.59. The molecule has 1 nitrogen and oxygen atoms in total. The Kier molecular flexibility index (Phi) is 2.03. The number of nitrogens with one attached hydrogen (secondary N) is 1. The zero-order valence-corrected chi connectivity index (χ0v) is 8.65. The molecule has 0 amide bonds. The first-order chi connectivity index (χ1) is 6.18. The Morgan fingerprint density at radius 2 is 2.08 bits per heavy atom. The van der Waals surface area contributed by atoms with Crippen molar-refractivity contribution in [2.45, 2.75) is 33.1 Å². The van der Waals surface area contributed by atoms with Gasteiger partial charge in [-0.25, -0.2) is 0 Å². The molecule has 1 aromatic carbocycles. The maximum Gasteiger partial charge on any atom is 0.0380 e. The van der Waals surface area contributed by atoms with Crippen molar-refractivity contribution in [1.29, 1.82) is 0 Å². The molecule has 1 atom stereocenters. The molecule has 2 rings (SSSR count). The molecule has 1 aromatic rings. The molecule has 0 aromatic heterocycles. The van der Waals surface area contributed by atoms with E-state index >= 15 is 0 Å². The molecular formula is C12H17N. The summed E-state index contributed by atoms with van der Waals surface area (Å²) < 4.78 is 0. The van der Waals surface area contributed by atoms with Gasteiger partial charge in [-0.3, -0.25) is 0 Å². The SMILES string of the molecule is Cc1cc(C)c2c(c1)NCC[C@@H]2C. The number of fused-ring (bicyclic) bond motifs is 1. The lowest BCUT2D eigenvalue weighted by molar-refractivity contribution is 0.679. The van der Waals surface area contributed by atoms with Crippen molar-refractivity contribution in [2.75, 3.05) is 11.9 Å². The molecule has 1 heteroatoms. The van der Waals surface area contributed by atoms with Gasteiger partial charge in [-0.2, -0.15) is 0 Å². The number of anilines is 1.